The number of nitrogens with one attached hydrogen (secondary N) is 1. The maximum Gasteiger partial charge on any atom is 0.264 e. The second-order valence-corrected chi connectivity index (χ2v) is 11.8. The van der Waals surface area contributed by atoms with E-state index in [0.29, 0.717) is 34.4 Å². The number of nitrogens with zero attached hydrogens (tertiary/aromatic N) is 2. The number of likely N-dealkylation sites (N-methyl/N-ethyl adjacent to an activating group) is 1. The predicted molar refractivity (Wildman–Crippen MR) is 158 cm³/mol. The SMILES string of the molecule is CCOc1ccc(N(CC(=O)N(Cc2ccc(Cl)cc2Cl)[C@H](CC)C(=O)NC)S(=O)(=O)c2ccc(C)cc2)cc1. The largest absolute Gasteiger partial charge is 0.494 e. The minimum atomic E-state index is -4.17. The fraction of sp³-hybridized carbons (Fsp3) is 0.310. The molecule has 3 aromatic carbocycles. The van der Waals surface area contributed by atoms with Crippen molar-refractivity contribution in [3.05, 3.63) is 87.9 Å². The molecule has 2 amide bonds. The number of sulfonamides is 1. The van der Waals surface area contributed by atoms with Crippen LogP contribution in [0.4, 0.5) is 5.69 Å². The molecule has 0 aliphatic rings. The zero-order valence-electron chi connectivity index (χ0n) is 22.9. The first kappa shape index (κ1) is 31.3. The number of rotatable bonds is 12. The van der Waals surface area contributed by atoms with Crippen molar-refractivity contribution in [2.75, 3.05) is 24.5 Å². The fourth-order valence-electron chi connectivity index (χ4n) is 4.16. The number of aryl methyl sites for hydroxylation is 1. The van der Waals surface area contributed by atoms with E-state index >= 15 is 0 Å². The third-order valence-electron chi connectivity index (χ3n) is 6.31. The molecule has 214 valence electrons. The fourth-order valence-corrected chi connectivity index (χ4v) is 6.04. The van der Waals surface area contributed by atoms with Gasteiger partial charge in [-0.05, 0) is 74.4 Å². The van der Waals surface area contributed by atoms with E-state index in [4.69, 9.17) is 27.9 Å². The standard InChI is InChI=1S/C29H33Cl2N3O5S/c1-5-27(29(36)32-4)33(18-21-9-10-22(30)17-26(21)31)28(35)19-34(23-11-13-24(14-12-23)39-6-2)40(37,38)25-15-7-20(3)8-16-25/h7-17,27H,5-6,18-19H2,1-4H3,(H,32,36)/t27-/m1/s1. The normalized spacial score (nSPS) is 11.9. The summed E-state index contributed by atoms with van der Waals surface area (Å²) in [5.41, 5.74) is 1.73. The van der Waals surface area contributed by atoms with Crippen LogP contribution in [0.3, 0.4) is 0 Å². The average Bonchev–Trinajstić information content (AvgIpc) is 2.93. The zero-order valence-corrected chi connectivity index (χ0v) is 25.2. The van der Waals surface area contributed by atoms with E-state index in [0.717, 1.165) is 9.87 Å². The van der Waals surface area contributed by atoms with Gasteiger partial charge in [0.25, 0.3) is 10.0 Å². The summed E-state index contributed by atoms with van der Waals surface area (Å²) in [6, 6.07) is 16.8. The molecule has 1 N–H and O–H groups in total. The minimum absolute atomic E-state index is 0.0253. The van der Waals surface area contributed by atoms with Crippen molar-refractivity contribution in [1.29, 1.82) is 0 Å². The lowest BCUT2D eigenvalue weighted by molar-refractivity contribution is -0.140. The molecular weight excluding hydrogens is 573 g/mol. The lowest BCUT2D eigenvalue weighted by Gasteiger charge is -2.33. The van der Waals surface area contributed by atoms with Crippen LogP contribution in [0.2, 0.25) is 10.0 Å². The van der Waals surface area contributed by atoms with Crippen LogP contribution in [-0.4, -0.2) is 51.4 Å². The number of anilines is 1. The second-order valence-electron chi connectivity index (χ2n) is 9.05. The summed E-state index contributed by atoms with van der Waals surface area (Å²) in [5, 5.41) is 3.35. The van der Waals surface area contributed by atoms with E-state index in [1.807, 2.05) is 13.8 Å². The monoisotopic (exact) mass is 605 g/mol. The van der Waals surface area contributed by atoms with E-state index in [2.05, 4.69) is 5.32 Å². The molecule has 0 saturated carbocycles. The summed E-state index contributed by atoms with van der Waals surface area (Å²) < 4.78 is 34.4. The van der Waals surface area contributed by atoms with Crippen LogP contribution >= 0.6 is 23.2 Å². The van der Waals surface area contributed by atoms with Crippen molar-refractivity contribution < 1.29 is 22.7 Å². The Kier molecular flexibility index (Phi) is 10.8. The van der Waals surface area contributed by atoms with E-state index in [-0.39, 0.29) is 23.0 Å². The van der Waals surface area contributed by atoms with Gasteiger partial charge < -0.3 is 15.0 Å². The van der Waals surface area contributed by atoms with Crippen molar-refractivity contribution in [3.63, 3.8) is 0 Å². The molecule has 40 heavy (non-hydrogen) atoms. The van der Waals surface area contributed by atoms with Crippen LogP contribution in [-0.2, 0) is 26.2 Å². The molecule has 11 heteroatoms. The number of ether oxygens (including phenoxy) is 1. The quantitative estimate of drug-likeness (QED) is 0.296. The van der Waals surface area contributed by atoms with Crippen molar-refractivity contribution in [1.82, 2.24) is 10.2 Å². The van der Waals surface area contributed by atoms with Crippen molar-refractivity contribution in [2.45, 2.75) is 44.7 Å². The first-order valence-corrected chi connectivity index (χ1v) is 15.0. The number of benzene rings is 3. The van der Waals surface area contributed by atoms with Gasteiger partial charge in [0.05, 0.1) is 17.2 Å². The summed E-state index contributed by atoms with van der Waals surface area (Å²) in [6.45, 7) is 5.35. The van der Waals surface area contributed by atoms with Crippen LogP contribution in [0, 0.1) is 6.92 Å². The van der Waals surface area contributed by atoms with Gasteiger partial charge in [-0.25, -0.2) is 8.42 Å². The topological polar surface area (TPSA) is 96.0 Å². The Hall–Kier alpha value is -3.27. The number of hydrogen-bond donors (Lipinski definition) is 1. The molecule has 8 nitrogen and oxygen atoms in total. The van der Waals surface area contributed by atoms with Crippen LogP contribution in [0.1, 0.15) is 31.4 Å². The molecule has 0 heterocycles. The van der Waals surface area contributed by atoms with Gasteiger partial charge in [0.15, 0.2) is 0 Å². The molecule has 0 bridgehead atoms. The minimum Gasteiger partial charge on any atom is -0.494 e. The molecule has 3 aromatic rings. The Morgan fingerprint density at radius 3 is 2.17 bits per heavy atom. The van der Waals surface area contributed by atoms with Gasteiger partial charge in [-0.2, -0.15) is 0 Å². The Balaban J connectivity index is 2.07. The molecule has 0 aromatic heterocycles. The van der Waals surface area contributed by atoms with Crippen molar-refractivity contribution in [2.24, 2.45) is 0 Å². The molecule has 3 rings (SSSR count). The Bertz CT molecular complexity index is 1430. The van der Waals surface area contributed by atoms with Crippen LogP contribution < -0.4 is 14.4 Å². The number of hydrogen-bond acceptors (Lipinski definition) is 5. The Morgan fingerprint density at radius 2 is 1.62 bits per heavy atom. The van der Waals surface area contributed by atoms with E-state index in [1.54, 1.807) is 61.5 Å². The first-order valence-electron chi connectivity index (χ1n) is 12.8. The maximum absolute atomic E-state index is 14.0. The highest BCUT2D eigenvalue weighted by Crippen LogP contribution is 2.28. The highest BCUT2D eigenvalue weighted by Gasteiger charge is 2.33. The van der Waals surface area contributed by atoms with Crippen molar-refractivity contribution in [3.8, 4) is 5.75 Å². The third-order valence-corrected chi connectivity index (χ3v) is 8.69. The smallest absolute Gasteiger partial charge is 0.264 e. The van der Waals surface area contributed by atoms with Gasteiger partial charge >= 0.3 is 0 Å². The molecular formula is C29H33Cl2N3O5S. The van der Waals surface area contributed by atoms with Crippen LogP contribution in [0.25, 0.3) is 0 Å². The summed E-state index contributed by atoms with van der Waals surface area (Å²) in [4.78, 5) is 28.2. The second kappa shape index (κ2) is 13.9. The lowest BCUT2D eigenvalue weighted by atomic mass is 10.1. The van der Waals surface area contributed by atoms with E-state index < -0.39 is 28.5 Å². The van der Waals surface area contributed by atoms with Gasteiger partial charge in [0, 0.05) is 23.6 Å². The molecule has 0 aliphatic heterocycles. The summed E-state index contributed by atoms with van der Waals surface area (Å²) in [7, 11) is -2.69. The van der Waals surface area contributed by atoms with Crippen LogP contribution in [0.5, 0.6) is 5.75 Å². The van der Waals surface area contributed by atoms with Crippen LogP contribution in [0.15, 0.2) is 71.6 Å². The first-order chi connectivity index (χ1) is 19.0. The van der Waals surface area contributed by atoms with E-state index in [9.17, 15) is 18.0 Å². The number of amides is 2. The maximum atomic E-state index is 14.0. The third kappa shape index (κ3) is 7.47. The number of carbonyl (C=O) groups is 2. The molecule has 0 unspecified atom stereocenters. The number of carbonyl (C=O) groups excluding carboxylic acids is 2. The summed E-state index contributed by atoms with van der Waals surface area (Å²) in [6.07, 6.45) is 0.296. The molecule has 0 fully saturated rings. The number of halogens is 2. The van der Waals surface area contributed by atoms with Gasteiger partial charge in [-0.15, -0.1) is 0 Å². The van der Waals surface area contributed by atoms with Gasteiger partial charge in [0.1, 0.15) is 18.3 Å². The molecule has 0 radical (unpaired) electrons. The highest BCUT2D eigenvalue weighted by molar-refractivity contribution is 7.92. The summed E-state index contributed by atoms with van der Waals surface area (Å²) in [5.74, 6) is -0.393. The van der Waals surface area contributed by atoms with Gasteiger partial charge in [-0.1, -0.05) is 53.9 Å². The summed E-state index contributed by atoms with van der Waals surface area (Å²) >= 11 is 12.5. The average molecular weight is 607 g/mol. The Morgan fingerprint density at radius 1 is 0.975 bits per heavy atom. The Labute approximate surface area is 245 Å². The molecule has 0 spiro atoms. The molecule has 1 atom stereocenters. The zero-order chi connectivity index (χ0) is 29.4. The molecule has 0 saturated heterocycles. The van der Waals surface area contributed by atoms with E-state index in [1.165, 1.54) is 24.1 Å². The van der Waals surface area contributed by atoms with Gasteiger partial charge in [0.2, 0.25) is 11.8 Å². The van der Waals surface area contributed by atoms with Gasteiger partial charge in [-0.3, -0.25) is 13.9 Å². The highest BCUT2D eigenvalue weighted by atomic mass is 35.5. The lowest BCUT2D eigenvalue weighted by Crippen LogP contribution is -2.51. The predicted octanol–water partition coefficient (Wildman–Crippen LogP) is 5.45. The molecule has 0 aliphatic carbocycles. The van der Waals surface area contributed by atoms with Crippen molar-refractivity contribution >= 4 is 50.7 Å².